The van der Waals surface area contributed by atoms with E-state index in [-0.39, 0.29) is 17.3 Å². The second-order valence-corrected chi connectivity index (χ2v) is 4.98. The van der Waals surface area contributed by atoms with Gasteiger partial charge in [0.15, 0.2) is 5.82 Å². The minimum Gasteiger partial charge on any atom is -0.481 e. The molecule has 0 aliphatic heterocycles. The van der Waals surface area contributed by atoms with Crippen molar-refractivity contribution in [2.24, 2.45) is 18.4 Å². The van der Waals surface area contributed by atoms with Crippen LogP contribution in [0.15, 0.2) is 0 Å². The van der Waals surface area contributed by atoms with E-state index >= 15 is 0 Å². The Morgan fingerprint density at radius 2 is 2.19 bits per heavy atom. The van der Waals surface area contributed by atoms with Gasteiger partial charge < -0.3 is 5.11 Å². The number of hydrogen-bond donors (Lipinski definition) is 1. The summed E-state index contributed by atoms with van der Waals surface area (Å²) in [6, 6.07) is 0. The molecule has 88 valence electrons. The van der Waals surface area contributed by atoms with Crippen LogP contribution in [0.2, 0.25) is 0 Å². The molecule has 0 amide bonds. The van der Waals surface area contributed by atoms with Crippen molar-refractivity contribution < 1.29 is 9.90 Å². The summed E-state index contributed by atoms with van der Waals surface area (Å²) >= 11 is 0. The molecule has 1 aliphatic rings. The largest absolute Gasteiger partial charge is 0.481 e. The van der Waals surface area contributed by atoms with Gasteiger partial charge in [-0.2, -0.15) is 5.10 Å². The Hall–Kier alpha value is -1.39. The predicted octanol–water partition coefficient (Wildman–Crippen LogP) is 1.20. The molecular formula is C11H17N3O2. The van der Waals surface area contributed by atoms with E-state index in [1.165, 1.54) is 0 Å². The fourth-order valence-electron chi connectivity index (χ4n) is 2.45. The van der Waals surface area contributed by atoms with Crippen LogP contribution in [-0.4, -0.2) is 25.8 Å². The molecule has 16 heavy (non-hydrogen) atoms. The molecule has 0 spiro atoms. The third kappa shape index (κ3) is 1.42. The van der Waals surface area contributed by atoms with Gasteiger partial charge in [0.25, 0.3) is 0 Å². The van der Waals surface area contributed by atoms with Crippen molar-refractivity contribution in [1.82, 2.24) is 14.8 Å². The van der Waals surface area contributed by atoms with Crippen LogP contribution in [0.4, 0.5) is 0 Å². The van der Waals surface area contributed by atoms with Gasteiger partial charge in [0.2, 0.25) is 0 Å². The second-order valence-electron chi connectivity index (χ2n) is 4.98. The Morgan fingerprint density at radius 1 is 1.56 bits per heavy atom. The van der Waals surface area contributed by atoms with Gasteiger partial charge in [-0.05, 0) is 5.41 Å². The third-order valence-corrected chi connectivity index (χ3v) is 3.53. The zero-order chi connectivity index (χ0) is 12.1. The highest BCUT2D eigenvalue weighted by atomic mass is 16.4. The van der Waals surface area contributed by atoms with Crippen molar-refractivity contribution in [2.45, 2.75) is 33.1 Å². The summed E-state index contributed by atoms with van der Waals surface area (Å²) in [6.07, 6.45) is 0.777. The van der Waals surface area contributed by atoms with Gasteiger partial charge in [-0.25, -0.2) is 4.98 Å². The number of nitrogens with zero attached hydrogens (tertiary/aromatic N) is 3. The minimum absolute atomic E-state index is 0.0113. The Bertz CT molecular complexity index is 436. The first-order valence-corrected chi connectivity index (χ1v) is 5.52. The maximum atomic E-state index is 11.1. The lowest BCUT2D eigenvalue weighted by Crippen LogP contribution is -2.04. The monoisotopic (exact) mass is 223 g/mol. The normalized spacial score (nSPS) is 26.8. The first kappa shape index (κ1) is 11.1. The van der Waals surface area contributed by atoms with Crippen molar-refractivity contribution in [1.29, 1.82) is 0 Å². The quantitative estimate of drug-likeness (QED) is 0.836. The van der Waals surface area contributed by atoms with E-state index in [0.717, 1.165) is 18.1 Å². The number of rotatable bonds is 3. The van der Waals surface area contributed by atoms with Crippen molar-refractivity contribution in [3.8, 4) is 0 Å². The summed E-state index contributed by atoms with van der Waals surface area (Å²) < 4.78 is 1.72. The number of carboxylic acid groups (broad SMARTS) is 1. The van der Waals surface area contributed by atoms with Gasteiger partial charge in [0, 0.05) is 19.4 Å². The molecule has 2 atom stereocenters. The number of carboxylic acids is 1. The Kier molecular flexibility index (Phi) is 2.29. The van der Waals surface area contributed by atoms with Gasteiger partial charge in [-0.3, -0.25) is 9.48 Å². The van der Waals surface area contributed by atoms with Gasteiger partial charge in [-0.15, -0.1) is 0 Å². The Labute approximate surface area is 94.5 Å². The third-order valence-electron chi connectivity index (χ3n) is 3.53. The van der Waals surface area contributed by atoms with Crippen LogP contribution >= 0.6 is 0 Å². The van der Waals surface area contributed by atoms with E-state index in [4.69, 9.17) is 5.11 Å². The molecule has 0 bridgehead atoms. The predicted molar refractivity (Wildman–Crippen MR) is 58.0 cm³/mol. The zero-order valence-corrected chi connectivity index (χ0v) is 10.1. The van der Waals surface area contributed by atoms with Crippen LogP contribution in [0.3, 0.4) is 0 Å². The molecule has 2 unspecified atom stereocenters. The summed E-state index contributed by atoms with van der Waals surface area (Å²) in [7, 11) is 1.83. The summed E-state index contributed by atoms with van der Waals surface area (Å²) in [5, 5.41) is 13.4. The topological polar surface area (TPSA) is 68.0 Å². The molecular weight excluding hydrogens is 206 g/mol. The van der Waals surface area contributed by atoms with Crippen LogP contribution in [0.5, 0.6) is 0 Å². The SMILES string of the molecule is CCc1nc(C2C(C(=O)O)C2(C)C)n(C)n1. The van der Waals surface area contributed by atoms with E-state index in [1.54, 1.807) is 4.68 Å². The number of aliphatic carboxylic acids is 1. The molecule has 1 saturated carbocycles. The second kappa shape index (κ2) is 3.30. The lowest BCUT2D eigenvalue weighted by Gasteiger charge is -2.00. The van der Waals surface area contributed by atoms with Crippen molar-refractivity contribution in [2.75, 3.05) is 0 Å². The van der Waals surface area contributed by atoms with Gasteiger partial charge in [-0.1, -0.05) is 20.8 Å². The van der Waals surface area contributed by atoms with E-state index < -0.39 is 5.97 Å². The molecule has 1 aromatic rings. The zero-order valence-electron chi connectivity index (χ0n) is 10.1. The molecule has 1 aromatic heterocycles. The first-order valence-electron chi connectivity index (χ1n) is 5.52. The molecule has 0 radical (unpaired) electrons. The summed E-state index contributed by atoms with van der Waals surface area (Å²) in [6.45, 7) is 5.93. The maximum absolute atomic E-state index is 11.1. The molecule has 0 saturated heterocycles. The van der Waals surface area contributed by atoms with Crippen molar-refractivity contribution in [3.05, 3.63) is 11.6 Å². The average molecular weight is 223 g/mol. The number of hydrogen-bond acceptors (Lipinski definition) is 3. The summed E-state index contributed by atoms with van der Waals surface area (Å²) in [4.78, 5) is 15.5. The standard InChI is InChI=1S/C11H17N3O2/c1-5-6-12-9(14(4)13-6)7-8(10(15)16)11(7,2)3/h7-8H,5H2,1-4H3,(H,15,16). The van der Waals surface area contributed by atoms with Crippen molar-refractivity contribution >= 4 is 5.97 Å². The minimum atomic E-state index is -0.740. The molecule has 0 aromatic carbocycles. The molecule has 1 fully saturated rings. The van der Waals surface area contributed by atoms with Crippen LogP contribution in [0, 0.1) is 11.3 Å². The fraction of sp³-hybridized carbons (Fsp3) is 0.727. The molecule has 1 aliphatic carbocycles. The molecule has 2 rings (SSSR count). The average Bonchev–Trinajstić information content (AvgIpc) is 2.57. The molecule has 1 N–H and O–H groups in total. The van der Waals surface area contributed by atoms with E-state index in [0.29, 0.717) is 0 Å². The smallest absolute Gasteiger partial charge is 0.307 e. The van der Waals surface area contributed by atoms with Gasteiger partial charge >= 0.3 is 5.97 Å². The van der Waals surface area contributed by atoms with Gasteiger partial charge in [0.1, 0.15) is 5.82 Å². The van der Waals surface area contributed by atoms with E-state index in [2.05, 4.69) is 10.1 Å². The number of aromatic nitrogens is 3. The first-order chi connectivity index (χ1) is 7.39. The maximum Gasteiger partial charge on any atom is 0.307 e. The number of carbonyl (C=O) groups is 1. The summed E-state index contributed by atoms with van der Waals surface area (Å²) in [5.74, 6) is 0.498. The molecule has 1 heterocycles. The Balaban J connectivity index is 2.33. The highest BCUT2D eigenvalue weighted by molar-refractivity contribution is 5.77. The number of aryl methyl sites for hydroxylation is 2. The lowest BCUT2D eigenvalue weighted by molar-refractivity contribution is -0.139. The highest BCUT2D eigenvalue weighted by Gasteiger charge is 2.64. The van der Waals surface area contributed by atoms with E-state index in [1.807, 2.05) is 27.8 Å². The van der Waals surface area contributed by atoms with Crippen LogP contribution < -0.4 is 0 Å². The highest BCUT2D eigenvalue weighted by Crippen LogP contribution is 2.63. The van der Waals surface area contributed by atoms with Crippen LogP contribution in [0.1, 0.15) is 38.3 Å². The van der Waals surface area contributed by atoms with Crippen molar-refractivity contribution in [3.63, 3.8) is 0 Å². The lowest BCUT2D eigenvalue weighted by atomic mass is 10.1. The van der Waals surface area contributed by atoms with Crippen LogP contribution in [-0.2, 0) is 18.3 Å². The Morgan fingerprint density at radius 3 is 2.56 bits per heavy atom. The summed E-state index contributed by atoms with van der Waals surface area (Å²) in [5.41, 5.74) is -0.211. The fourth-order valence-corrected chi connectivity index (χ4v) is 2.45. The van der Waals surface area contributed by atoms with Crippen LogP contribution in [0.25, 0.3) is 0 Å². The molecule has 5 nitrogen and oxygen atoms in total. The molecule has 5 heteroatoms. The van der Waals surface area contributed by atoms with E-state index in [9.17, 15) is 4.79 Å². The van der Waals surface area contributed by atoms with Gasteiger partial charge in [0.05, 0.1) is 5.92 Å².